The third kappa shape index (κ3) is 0.580. The number of hydrogen-bond donors (Lipinski definition) is 0. The molecule has 0 aromatic heterocycles. The Morgan fingerprint density at radius 3 is 2.10 bits per heavy atom. The van der Waals surface area contributed by atoms with Gasteiger partial charge in [-0.3, -0.25) is 0 Å². The lowest BCUT2D eigenvalue weighted by molar-refractivity contribution is 0.219. The second-order valence-corrected chi connectivity index (χ2v) is 5.14. The number of rotatable bonds is 2. The third-order valence-electron chi connectivity index (χ3n) is 4.10. The molecule has 0 heteroatoms. The van der Waals surface area contributed by atoms with E-state index in [2.05, 4.69) is 27.7 Å². The lowest BCUT2D eigenvalue weighted by atomic mass is 9.77. The number of hydrogen-bond acceptors (Lipinski definition) is 0. The Labute approximate surface area is 64.0 Å². The Bertz CT molecular complexity index is 169. The first-order valence-electron chi connectivity index (χ1n) is 4.52. The molecule has 0 heterocycles. The molecule has 0 N–H and O–H groups in total. The Morgan fingerprint density at radius 1 is 1.50 bits per heavy atom. The maximum absolute atomic E-state index is 2.46. The standard InChI is InChI=1S/C10H18/c1-5-9(2,3)8-7-6-10(7,8)4/h7-8H,5-6H2,1-4H3. The van der Waals surface area contributed by atoms with Gasteiger partial charge in [-0.25, -0.2) is 0 Å². The third-order valence-corrected chi connectivity index (χ3v) is 4.10. The van der Waals surface area contributed by atoms with E-state index in [-0.39, 0.29) is 0 Å². The summed E-state index contributed by atoms with van der Waals surface area (Å²) in [5.74, 6) is 2.20. The van der Waals surface area contributed by atoms with Crippen molar-refractivity contribution in [1.29, 1.82) is 0 Å². The first kappa shape index (κ1) is 6.69. The summed E-state index contributed by atoms with van der Waals surface area (Å²) < 4.78 is 0. The maximum atomic E-state index is 2.46. The largest absolute Gasteiger partial charge is 0.0649 e. The molecular formula is C10H18. The Morgan fingerprint density at radius 2 is 2.00 bits per heavy atom. The number of fused-ring (bicyclic) bond motifs is 1. The van der Waals surface area contributed by atoms with E-state index >= 15 is 0 Å². The van der Waals surface area contributed by atoms with Gasteiger partial charge in [0.15, 0.2) is 0 Å². The molecule has 0 nitrogen and oxygen atoms in total. The highest BCUT2D eigenvalue weighted by molar-refractivity contribution is 5.26. The summed E-state index contributed by atoms with van der Waals surface area (Å²) in [5.41, 5.74) is 1.46. The predicted octanol–water partition coefficient (Wildman–Crippen LogP) is 3.08. The molecule has 2 rings (SSSR count). The van der Waals surface area contributed by atoms with Gasteiger partial charge in [-0.2, -0.15) is 0 Å². The SMILES string of the molecule is CCC(C)(C)C1C2CC21C. The van der Waals surface area contributed by atoms with E-state index in [9.17, 15) is 0 Å². The fraction of sp³-hybridized carbons (Fsp3) is 1.00. The Kier molecular flexibility index (Phi) is 0.964. The summed E-state index contributed by atoms with van der Waals surface area (Å²) in [4.78, 5) is 0. The van der Waals surface area contributed by atoms with E-state index < -0.39 is 0 Å². The fourth-order valence-corrected chi connectivity index (χ4v) is 2.82. The van der Waals surface area contributed by atoms with Crippen molar-refractivity contribution in [2.45, 2.75) is 40.5 Å². The van der Waals surface area contributed by atoms with Gasteiger partial charge in [0.2, 0.25) is 0 Å². The van der Waals surface area contributed by atoms with Crippen LogP contribution < -0.4 is 0 Å². The zero-order valence-corrected chi connectivity index (χ0v) is 7.57. The minimum Gasteiger partial charge on any atom is -0.0649 e. The monoisotopic (exact) mass is 138 g/mol. The summed E-state index contributed by atoms with van der Waals surface area (Å²) in [7, 11) is 0. The average Bonchev–Trinajstić information content (AvgIpc) is 2.55. The molecule has 0 amide bonds. The van der Waals surface area contributed by atoms with Gasteiger partial charge < -0.3 is 0 Å². The molecule has 0 bridgehead atoms. The molecule has 2 aliphatic rings. The summed E-state index contributed by atoms with van der Waals surface area (Å²) in [6, 6.07) is 0. The first-order valence-corrected chi connectivity index (χ1v) is 4.52. The summed E-state index contributed by atoms with van der Waals surface area (Å²) in [5, 5.41) is 0. The van der Waals surface area contributed by atoms with Crippen LogP contribution in [-0.2, 0) is 0 Å². The molecule has 0 aromatic carbocycles. The van der Waals surface area contributed by atoms with Crippen molar-refractivity contribution in [1.82, 2.24) is 0 Å². The maximum Gasteiger partial charge on any atom is -0.0255 e. The lowest BCUT2D eigenvalue weighted by Gasteiger charge is -2.27. The highest BCUT2D eigenvalue weighted by Gasteiger charge is 2.78. The molecule has 0 spiro atoms. The lowest BCUT2D eigenvalue weighted by Crippen LogP contribution is -2.19. The highest BCUT2D eigenvalue weighted by Crippen LogP contribution is 2.84. The van der Waals surface area contributed by atoms with Crippen LogP contribution in [0.5, 0.6) is 0 Å². The van der Waals surface area contributed by atoms with Gasteiger partial charge in [0.1, 0.15) is 0 Å². The first-order chi connectivity index (χ1) is 4.52. The van der Waals surface area contributed by atoms with Gasteiger partial charge in [-0.1, -0.05) is 34.1 Å². The van der Waals surface area contributed by atoms with Crippen molar-refractivity contribution in [2.24, 2.45) is 22.7 Å². The zero-order valence-electron chi connectivity index (χ0n) is 7.57. The second kappa shape index (κ2) is 1.44. The van der Waals surface area contributed by atoms with Crippen LogP contribution in [0, 0.1) is 22.7 Å². The highest BCUT2D eigenvalue weighted by atomic mass is 14.8. The molecule has 3 atom stereocenters. The molecular weight excluding hydrogens is 120 g/mol. The van der Waals surface area contributed by atoms with Crippen LogP contribution in [0.3, 0.4) is 0 Å². The van der Waals surface area contributed by atoms with Crippen LogP contribution >= 0.6 is 0 Å². The van der Waals surface area contributed by atoms with Crippen LogP contribution in [0.15, 0.2) is 0 Å². The van der Waals surface area contributed by atoms with E-state index in [1.807, 2.05) is 0 Å². The summed E-state index contributed by atoms with van der Waals surface area (Å²) in [6.45, 7) is 9.63. The fourth-order valence-electron chi connectivity index (χ4n) is 2.82. The summed E-state index contributed by atoms with van der Waals surface area (Å²) >= 11 is 0. The van der Waals surface area contributed by atoms with E-state index in [0.29, 0.717) is 5.41 Å². The Balaban J connectivity index is 2.03. The molecule has 0 aromatic rings. The molecule has 2 aliphatic carbocycles. The summed E-state index contributed by atoms with van der Waals surface area (Å²) in [6.07, 6.45) is 2.88. The molecule has 2 fully saturated rings. The molecule has 0 saturated heterocycles. The van der Waals surface area contributed by atoms with Gasteiger partial charge in [-0.05, 0) is 29.1 Å². The average molecular weight is 138 g/mol. The van der Waals surface area contributed by atoms with Crippen LogP contribution in [-0.4, -0.2) is 0 Å². The quantitative estimate of drug-likeness (QED) is 0.550. The van der Waals surface area contributed by atoms with Crippen LogP contribution in [0.1, 0.15) is 40.5 Å². The molecule has 2 saturated carbocycles. The normalized spacial score (nSPS) is 50.4. The molecule has 10 heavy (non-hydrogen) atoms. The van der Waals surface area contributed by atoms with E-state index in [1.165, 1.54) is 12.8 Å². The molecule has 0 aliphatic heterocycles. The van der Waals surface area contributed by atoms with Gasteiger partial charge in [-0.15, -0.1) is 0 Å². The van der Waals surface area contributed by atoms with Gasteiger partial charge in [0.05, 0.1) is 0 Å². The van der Waals surface area contributed by atoms with E-state index in [4.69, 9.17) is 0 Å². The second-order valence-electron chi connectivity index (χ2n) is 5.14. The van der Waals surface area contributed by atoms with Crippen LogP contribution in [0.25, 0.3) is 0 Å². The van der Waals surface area contributed by atoms with Crippen molar-refractivity contribution < 1.29 is 0 Å². The van der Waals surface area contributed by atoms with E-state index in [1.54, 1.807) is 0 Å². The predicted molar refractivity (Wildman–Crippen MR) is 43.8 cm³/mol. The zero-order chi connectivity index (χ0) is 7.57. The van der Waals surface area contributed by atoms with Crippen LogP contribution in [0.4, 0.5) is 0 Å². The van der Waals surface area contributed by atoms with Crippen molar-refractivity contribution in [2.75, 3.05) is 0 Å². The minimum atomic E-state index is 0.637. The van der Waals surface area contributed by atoms with Gasteiger partial charge in [0.25, 0.3) is 0 Å². The smallest absolute Gasteiger partial charge is 0.0255 e. The van der Waals surface area contributed by atoms with Crippen molar-refractivity contribution >= 4 is 0 Å². The van der Waals surface area contributed by atoms with Crippen LogP contribution in [0.2, 0.25) is 0 Å². The van der Waals surface area contributed by atoms with Gasteiger partial charge in [0, 0.05) is 0 Å². The van der Waals surface area contributed by atoms with Crippen molar-refractivity contribution in [3.63, 3.8) is 0 Å². The van der Waals surface area contributed by atoms with Crippen molar-refractivity contribution in [3.8, 4) is 0 Å². The topological polar surface area (TPSA) is 0 Å². The van der Waals surface area contributed by atoms with Crippen molar-refractivity contribution in [3.05, 3.63) is 0 Å². The van der Waals surface area contributed by atoms with E-state index in [0.717, 1.165) is 17.3 Å². The Hall–Kier alpha value is 0. The molecule has 3 unspecified atom stereocenters. The molecule has 58 valence electrons. The molecule has 0 radical (unpaired) electrons. The minimum absolute atomic E-state index is 0.637. The van der Waals surface area contributed by atoms with Gasteiger partial charge >= 0.3 is 0 Å².